The number of carbonyl (C=O) groups is 2. The van der Waals surface area contributed by atoms with Crippen molar-refractivity contribution in [2.75, 3.05) is 11.0 Å². The lowest BCUT2D eigenvalue weighted by atomic mass is 10.2. The van der Waals surface area contributed by atoms with Crippen molar-refractivity contribution in [3.63, 3.8) is 0 Å². The van der Waals surface area contributed by atoms with Crippen LogP contribution < -0.4 is 0 Å². The largest absolute Gasteiger partial charge is 0.466 e. The number of hydrogen-bond acceptors (Lipinski definition) is 4. The van der Waals surface area contributed by atoms with E-state index in [9.17, 15) is 9.59 Å². The van der Waals surface area contributed by atoms with Crippen molar-refractivity contribution in [3.8, 4) is 0 Å². The zero-order chi connectivity index (χ0) is 12.4. The highest BCUT2D eigenvalue weighted by Crippen LogP contribution is 2.08. The summed E-state index contributed by atoms with van der Waals surface area (Å²) in [6.45, 7) is 4.13. The third-order valence-electron chi connectivity index (χ3n) is 1.90. The van der Waals surface area contributed by atoms with Gasteiger partial charge in [0.2, 0.25) is 0 Å². The van der Waals surface area contributed by atoms with Crippen molar-refractivity contribution >= 4 is 34.5 Å². The molecule has 0 saturated carbocycles. The van der Waals surface area contributed by atoms with Gasteiger partial charge in [0.15, 0.2) is 0 Å². The molecule has 16 heavy (non-hydrogen) atoms. The first kappa shape index (κ1) is 15.7. The number of rotatable bonds is 8. The average Bonchev–Trinajstić information content (AvgIpc) is 2.25. The normalized spacial score (nSPS) is 11.9. The second-order valence-corrected chi connectivity index (χ2v) is 4.26. The molecule has 0 aromatic carbocycles. The SMILES string of the molecule is CCCCC(=O)OC(CI)CC(=O)OCC. The smallest absolute Gasteiger partial charge is 0.309 e. The van der Waals surface area contributed by atoms with Gasteiger partial charge >= 0.3 is 11.9 Å². The van der Waals surface area contributed by atoms with Crippen molar-refractivity contribution in [2.45, 2.75) is 45.6 Å². The van der Waals surface area contributed by atoms with E-state index in [4.69, 9.17) is 9.47 Å². The molecular weight excluding hydrogens is 323 g/mol. The Hall–Kier alpha value is -0.330. The molecule has 0 rings (SSSR count). The molecule has 0 radical (unpaired) electrons. The number of unbranched alkanes of at least 4 members (excludes halogenated alkanes) is 1. The minimum absolute atomic E-state index is 0.147. The van der Waals surface area contributed by atoms with Gasteiger partial charge in [-0.2, -0.15) is 0 Å². The first-order valence-corrected chi connectivity index (χ1v) is 7.07. The Bertz CT molecular complexity index is 218. The molecule has 0 N–H and O–H groups in total. The highest BCUT2D eigenvalue weighted by atomic mass is 127. The summed E-state index contributed by atoms with van der Waals surface area (Å²) in [7, 11) is 0. The number of halogens is 1. The first-order chi connectivity index (χ1) is 7.63. The summed E-state index contributed by atoms with van der Waals surface area (Å²) in [5.41, 5.74) is 0. The number of esters is 2. The van der Waals surface area contributed by atoms with Crippen LogP contribution in [0.15, 0.2) is 0 Å². The molecule has 0 aliphatic heterocycles. The van der Waals surface area contributed by atoms with Crippen molar-refractivity contribution in [2.24, 2.45) is 0 Å². The monoisotopic (exact) mass is 342 g/mol. The van der Waals surface area contributed by atoms with E-state index < -0.39 is 0 Å². The van der Waals surface area contributed by atoms with Crippen molar-refractivity contribution < 1.29 is 19.1 Å². The van der Waals surface area contributed by atoms with Gasteiger partial charge in [-0.15, -0.1) is 0 Å². The van der Waals surface area contributed by atoms with E-state index in [1.165, 1.54) is 0 Å². The maximum atomic E-state index is 11.3. The maximum absolute atomic E-state index is 11.3. The van der Waals surface area contributed by atoms with Crippen LogP contribution in [-0.4, -0.2) is 29.1 Å². The fraction of sp³-hybridized carbons (Fsp3) is 0.818. The van der Waals surface area contributed by atoms with Gasteiger partial charge in [0.05, 0.1) is 13.0 Å². The zero-order valence-corrected chi connectivity index (χ0v) is 12.0. The molecule has 0 aliphatic rings. The zero-order valence-electron chi connectivity index (χ0n) is 9.83. The van der Waals surface area contributed by atoms with E-state index in [0.29, 0.717) is 17.5 Å². The summed E-state index contributed by atoms with van der Waals surface area (Å²) in [5, 5.41) is 0. The Morgan fingerprint density at radius 3 is 2.44 bits per heavy atom. The lowest BCUT2D eigenvalue weighted by Crippen LogP contribution is -2.24. The molecule has 0 aliphatic carbocycles. The number of hydrogen-bond donors (Lipinski definition) is 0. The third kappa shape index (κ3) is 7.90. The Balaban J connectivity index is 3.90. The van der Waals surface area contributed by atoms with Crippen LogP contribution >= 0.6 is 22.6 Å². The molecule has 0 heterocycles. The Morgan fingerprint density at radius 2 is 1.94 bits per heavy atom. The Labute approximate surface area is 110 Å². The summed E-state index contributed by atoms with van der Waals surface area (Å²) < 4.78 is 10.6. The van der Waals surface area contributed by atoms with E-state index in [-0.39, 0.29) is 24.5 Å². The maximum Gasteiger partial charge on any atom is 0.309 e. The van der Waals surface area contributed by atoms with Gasteiger partial charge in [0, 0.05) is 10.8 Å². The molecule has 0 amide bonds. The summed E-state index contributed by atoms with van der Waals surface area (Å²) in [4.78, 5) is 22.5. The average molecular weight is 342 g/mol. The lowest BCUT2D eigenvalue weighted by Gasteiger charge is -2.14. The van der Waals surface area contributed by atoms with Crippen LogP contribution in [0.1, 0.15) is 39.5 Å². The van der Waals surface area contributed by atoms with Crippen LogP contribution in [0.4, 0.5) is 0 Å². The summed E-state index contributed by atoms with van der Waals surface area (Å²) in [6.07, 6.45) is 2.00. The van der Waals surface area contributed by atoms with Gasteiger partial charge in [-0.1, -0.05) is 35.9 Å². The molecule has 0 aromatic rings. The van der Waals surface area contributed by atoms with Crippen LogP contribution in [-0.2, 0) is 19.1 Å². The molecule has 1 unspecified atom stereocenters. The van der Waals surface area contributed by atoms with E-state index in [2.05, 4.69) is 22.6 Å². The quantitative estimate of drug-likeness (QED) is 0.386. The molecule has 0 spiro atoms. The minimum atomic E-state index is -0.357. The number of carbonyl (C=O) groups excluding carboxylic acids is 2. The number of ether oxygens (including phenoxy) is 2. The van der Waals surface area contributed by atoms with Gasteiger partial charge in [-0.05, 0) is 13.3 Å². The van der Waals surface area contributed by atoms with E-state index in [1.54, 1.807) is 6.92 Å². The molecule has 1 atom stereocenters. The predicted octanol–water partition coefficient (Wildman–Crippen LogP) is 2.48. The van der Waals surface area contributed by atoms with Crippen LogP contribution in [0, 0.1) is 0 Å². The van der Waals surface area contributed by atoms with Gasteiger partial charge in [-0.25, -0.2) is 0 Å². The highest BCUT2D eigenvalue weighted by Gasteiger charge is 2.17. The fourth-order valence-electron chi connectivity index (χ4n) is 1.10. The molecule has 5 heteroatoms. The van der Waals surface area contributed by atoms with Gasteiger partial charge in [0.1, 0.15) is 6.10 Å². The van der Waals surface area contributed by atoms with Gasteiger partial charge in [-0.3, -0.25) is 9.59 Å². The first-order valence-electron chi connectivity index (χ1n) is 5.55. The summed E-state index contributed by atoms with van der Waals surface area (Å²) >= 11 is 2.10. The second kappa shape index (κ2) is 9.86. The molecule has 0 aromatic heterocycles. The third-order valence-corrected chi connectivity index (χ3v) is 2.89. The predicted molar refractivity (Wildman–Crippen MR) is 69.5 cm³/mol. The Kier molecular flexibility index (Phi) is 9.66. The lowest BCUT2D eigenvalue weighted by molar-refractivity contribution is -0.153. The number of alkyl halides is 1. The van der Waals surface area contributed by atoms with E-state index >= 15 is 0 Å². The fourth-order valence-corrected chi connectivity index (χ4v) is 1.59. The highest BCUT2D eigenvalue weighted by molar-refractivity contribution is 14.1. The van der Waals surface area contributed by atoms with Crippen molar-refractivity contribution in [3.05, 3.63) is 0 Å². The summed E-state index contributed by atoms with van der Waals surface area (Å²) in [5.74, 6) is -0.541. The molecule has 0 bridgehead atoms. The van der Waals surface area contributed by atoms with Crippen LogP contribution in [0.25, 0.3) is 0 Å². The van der Waals surface area contributed by atoms with Crippen molar-refractivity contribution in [1.29, 1.82) is 0 Å². The molecule has 4 nitrogen and oxygen atoms in total. The standard InChI is InChI=1S/C11H19IO4/c1-3-5-6-10(13)16-9(8-12)7-11(14)15-4-2/h9H,3-8H2,1-2H3. The van der Waals surface area contributed by atoms with E-state index in [1.807, 2.05) is 6.92 Å². The minimum Gasteiger partial charge on any atom is -0.466 e. The van der Waals surface area contributed by atoms with Gasteiger partial charge in [0.25, 0.3) is 0 Å². The van der Waals surface area contributed by atoms with Crippen LogP contribution in [0.3, 0.4) is 0 Å². The summed E-state index contributed by atoms with van der Waals surface area (Å²) in [6, 6.07) is 0. The molecule has 0 fully saturated rings. The van der Waals surface area contributed by atoms with Crippen LogP contribution in [0.5, 0.6) is 0 Å². The van der Waals surface area contributed by atoms with E-state index in [0.717, 1.165) is 12.8 Å². The Morgan fingerprint density at radius 1 is 1.25 bits per heavy atom. The second-order valence-electron chi connectivity index (χ2n) is 3.38. The molecular formula is C11H19IO4. The topological polar surface area (TPSA) is 52.6 Å². The van der Waals surface area contributed by atoms with Gasteiger partial charge < -0.3 is 9.47 Å². The molecule has 0 saturated heterocycles. The van der Waals surface area contributed by atoms with Crippen LogP contribution in [0.2, 0.25) is 0 Å². The van der Waals surface area contributed by atoms with Crippen molar-refractivity contribution in [1.82, 2.24) is 0 Å². The molecule has 94 valence electrons.